The lowest BCUT2D eigenvalue weighted by atomic mass is 9.89. The second kappa shape index (κ2) is 9.25. The summed E-state index contributed by atoms with van der Waals surface area (Å²) in [6.07, 6.45) is 1.22. The number of pyridine rings is 1. The summed E-state index contributed by atoms with van der Waals surface area (Å²) in [5.74, 6) is 0.807. The van der Waals surface area contributed by atoms with Crippen molar-refractivity contribution < 1.29 is 22.4 Å². The van der Waals surface area contributed by atoms with Crippen molar-refractivity contribution >= 4 is 11.7 Å². The predicted octanol–water partition coefficient (Wildman–Crippen LogP) is 5.42. The van der Waals surface area contributed by atoms with Crippen LogP contribution in [-0.4, -0.2) is 39.9 Å². The largest absolute Gasteiger partial charge is 0.445 e. The molecule has 1 aliphatic heterocycles. The highest BCUT2D eigenvalue weighted by Gasteiger charge is 2.34. The molecule has 0 saturated carbocycles. The van der Waals surface area contributed by atoms with E-state index in [1.54, 1.807) is 0 Å². The van der Waals surface area contributed by atoms with Crippen LogP contribution in [0.2, 0.25) is 0 Å². The Labute approximate surface area is 189 Å². The maximum absolute atomic E-state index is 13.7. The molecule has 33 heavy (non-hydrogen) atoms. The topological polar surface area (TPSA) is 71.3 Å². The molecule has 0 unspecified atom stereocenters. The summed E-state index contributed by atoms with van der Waals surface area (Å²) in [7, 11) is 0. The fraction of sp³-hybridized carbons (Fsp3) is 0.375. The van der Waals surface area contributed by atoms with Gasteiger partial charge in [-0.25, -0.2) is 9.97 Å². The van der Waals surface area contributed by atoms with Gasteiger partial charge in [0, 0.05) is 24.8 Å². The number of halogens is 3. The van der Waals surface area contributed by atoms with E-state index in [-0.39, 0.29) is 17.9 Å². The molecule has 4 rings (SSSR count). The number of rotatable bonds is 5. The fourth-order valence-electron chi connectivity index (χ4n) is 4.22. The first kappa shape index (κ1) is 22.8. The average Bonchev–Trinajstić information content (AvgIpc) is 3.32. The summed E-state index contributed by atoms with van der Waals surface area (Å²) in [5, 5.41) is 3.11. The van der Waals surface area contributed by atoms with Crippen LogP contribution in [0.5, 0.6) is 0 Å². The molecule has 1 N–H and O–H groups in total. The number of carbonyl (C=O) groups is 1. The number of anilines is 1. The first-order chi connectivity index (χ1) is 15.7. The number of amides is 1. The maximum Gasteiger partial charge on any atom is 0.417 e. The Morgan fingerprint density at radius 1 is 1.24 bits per heavy atom. The van der Waals surface area contributed by atoms with Gasteiger partial charge >= 0.3 is 6.18 Å². The van der Waals surface area contributed by atoms with Crippen LogP contribution >= 0.6 is 0 Å². The highest BCUT2D eigenvalue weighted by atomic mass is 19.4. The van der Waals surface area contributed by atoms with Gasteiger partial charge in [-0.2, -0.15) is 13.2 Å². The van der Waals surface area contributed by atoms with Crippen LogP contribution in [0, 0.1) is 12.8 Å². The molecule has 1 amide bonds. The molecule has 0 bridgehead atoms. The molecular weight excluding hydrogens is 433 g/mol. The molecule has 1 fully saturated rings. The van der Waals surface area contributed by atoms with Gasteiger partial charge in [0.1, 0.15) is 12.1 Å². The van der Waals surface area contributed by atoms with E-state index in [0.29, 0.717) is 35.9 Å². The number of benzene rings is 1. The zero-order chi connectivity index (χ0) is 23.6. The minimum atomic E-state index is -4.43. The Morgan fingerprint density at radius 2 is 2.06 bits per heavy atom. The second-order valence-electron chi connectivity index (χ2n) is 8.38. The van der Waals surface area contributed by atoms with Gasteiger partial charge in [-0.15, -0.1) is 0 Å². The normalized spacial score (nSPS) is 18.9. The predicted molar refractivity (Wildman–Crippen MR) is 118 cm³/mol. The molecule has 3 aromatic rings. The number of carbonyl (C=O) groups excluding carboxylic acids is 1. The zero-order valence-corrected chi connectivity index (χ0v) is 18.4. The molecule has 1 aliphatic rings. The van der Waals surface area contributed by atoms with Gasteiger partial charge in [0.2, 0.25) is 5.89 Å². The van der Waals surface area contributed by atoms with Crippen LogP contribution < -0.4 is 5.32 Å². The minimum absolute atomic E-state index is 0.120. The van der Waals surface area contributed by atoms with Crippen LogP contribution in [-0.2, 0) is 6.18 Å². The van der Waals surface area contributed by atoms with E-state index in [9.17, 15) is 18.0 Å². The van der Waals surface area contributed by atoms with Crippen molar-refractivity contribution in [3.63, 3.8) is 0 Å². The SMILES string of the molecule is Cc1ccc(-c2ncco2)c(C(=O)N2CCC[C@H](C)[C@@H]2CNc2ccc(C(F)(F)F)cn2)c1. The highest BCUT2D eigenvalue weighted by Crippen LogP contribution is 2.31. The van der Waals surface area contributed by atoms with Crippen molar-refractivity contribution in [1.82, 2.24) is 14.9 Å². The summed E-state index contributed by atoms with van der Waals surface area (Å²) >= 11 is 0. The Kier molecular flexibility index (Phi) is 6.40. The Morgan fingerprint density at radius 3 is 2.73 bits per heavy atom. The molecule has 2 atom stereocenters. The minimum Gasteiger partial charge on any atom is -0.445 e. The van der Waals surface area contributed by atoms with E-state index in [1.807, 2.05) is 30.0 Å². The number of likely N-dealkylation sites (tertiary alicyclic amines) is 1. The fourth-order valence-corrected chi connectivity index (χ4v) is 4.22. The molecule has 1 saturated heterocycles. The molecule has 1 aromatic carbocycles. The molecule has 174 valence electrons. The number of alkyl halides is 3. The van der Waals surface area contributed by atoms with Gasteiger partial charge in [-0.05, 0) is 49.9 Å². The molecule has 2 aromatic heterocycles. The summed E-state index contributed by atoms with van der Waals surface area (Å²) in [5.41, 5.74) is 1.30. The van der Waals surface area contributed by atoms with Crippen molar-refractivity contribution in [2.24, 2.45) is 5.92 Å². The Balaban J connectivity index is 1.55. The van der Waals surface area contributed by atoms with E-state index >= 15 is 0 Å². The van der Waals surface area contributed by atoms with E-state index < -0.39 is 11.7 Å². The standard InChI is InChI=1S/C24H25F3N4O2/c1-15-5-7-18(22-28-9-11-33-22)19(12-15)23(32)31-10-3-4-16(2)20(31)14-30-21-8-6-17(13-29-21)24(25,26)27/h5-9,11-13,16,20H,3-4,10,14H2,1-2H3,(H,29,30)/t16-,20-/m0/s1. The zero-order valence-electron chi connectivity index (χ0n) is 18.4. The quantitative estimate of drug-likeness (QED) is 0.553. The van der Waals surface area contributed by atoms with E-state index in [2.05, 4.69) is 22.2 Å². The van der Waals surface area contributed by atoms with E-state index in [1.165, 1.54) is 18.5 Å². The lowest BCUT2D eigenvalue weighted by Gasteiger charge is -2.40. The molecule has 0 aliphatic carbocycles. The van der Waals surface area contributed by atoms with Gasteiger partial charge in [0.05, 0.1) is 23.4 Å². The number of aryl methyl sites for hydroxylation is 1. The third kappa shape index (κ3) is 5.02. The average molecular weight is 458 g/mol. The van der Waals surface area contributed by atoms with E-state index in [0.717, 1.165) is 30.7 Å². The number of piperidine rings is 1. The van der Waals surface area contributed by atoms with E-state index in [4.69, 9.17) is 4.42 Å². The van der Waals surface area contributed by atoms with Crippen LogP contribution in [0.4, 0.5) is 19.0 Å². The van der Waals surface area contributed by atoms with Crippen LogP contribution in [0.1, 0.15) is 41.3 Å². The van der Waals surface area contributed by atoms with Crippen molar-refractivity contribution in [2.75, 3.05) is 18.4 Å². The first-order valence-corrected chi connectivity index (χ1v) is 10.8. The Hall–Kier alpha value is -3.36. The third-order valence-electron chi connectivity index (χ3n) is 6.03. The lowest BCUT2D eigenvalue weighted by molar-refractivity contribution is -0.137. The monoisotopic (exact) mass is 458 g/mol. The summed E-state index contributed by atoms with van der Waals surface area (Å²) < 4.78 is 43.8. The lowest BCUT2D eigenvalue weighted by Crippen LogP contribution is -2.51. The summed E-state index contributed by atoms with van der Waals surface area (Å²) in [6.45, 7) is 4.97. The summed E-state index contributed by atoms with van der Waals surface area (Å²) in [4.78, 5) is 23.6. The van der Waals surface area contributed by atoms with Crippen molar-refractivity contribution in [3.05, 3.63) is 65.7 Å². The number of nitrogens with zero attached hydrogens (tertiary/aromatic N) is 3. The van der Waals surface area contributed by atoms with Gasteiger partial charge in [-0.3, -0.25) is 4.79 Å². The molecule has 6 nitrogen and oxygen atoms in total. The second-order valence-corrected chi connectivity index (χ2v) is 8.38. The highest BCUT2D eigenvalue weighted by molar-refractivity contribution is 6.00. The van der Waals surface area contributed by atoms with Crippen molar-refractivity contribution in [2.45, 2.75) is 38.9 Å². The van der Waals surface area contributed by atoms with Crippen molar-refractivity contribution in [3.8, 4) is 11.5 Å². The number of hydrogen-bond acceptors (Lipinski definition) is 5. The van der Waals surface area contributed by atoms with Crippen LogP contribution in [0.15, 0.2) is 53.4 Å². The van der Waals surface area contributed by atoms with Gasteiger partial charge in [-0.1, -0.05) is 18.6 Å². The summed E-state index contributed by atoms with van der Waals surface area (Å²) in [6, 6.07) is 7.74. The van der Waals surface area contributed by atoms with Gasteiger partial charge in [0.15, 0.2) is 0 Å². The van der Waals surface area contributed by atoms with Gasteiger partial charge < -0.3 is 14.6 Å². The number of nitrogens with one attached hydrogen (secondary N) is 1. The smallest absolute Gasteiger partial charge is 0.417 e. The molecule has 0 radical (unpaired) electrons. The van der Waals surface area contributed by atoms with Crippen LogP contribution in [0.25, 0.3) is 11.5 Å². The molecule has 3 heterocycles. The number of aromatic nitrogens is 2. The van der Waals surface area contributed by atoms with Gasteiger partial charge in [0.25, 0.3) is 5.91 Å². The van der Waals surface area contributed by atoms with Crippen molar-refractivity contribution in [1.29, 1.82) is 0 Å². The molecule has 0 spiro atoms. The first-order valence-electron chi connectivity index (χ1n) is 10.8. The number of hydrogen-bond donors (Lipinski definition) is 1. The number of oxazole rings is 1. The van der Waals surface area contributed by atoms with Crippen LogP contribution in [0.3, 0.4) is 0 Å². The Bertz CT molecular complexity index is 1100. The molecule has 9 heteroatoms. The molecular formula is C24H25F3N4O2. The third-order valence-corrected chi connectivity index (χ3v) is 6.03. The maximum atomic E-state index is 13.7.